The van der Waals surface area contributed by atoms with E-state index in [1.54, 1.807) is 4.90 Å². The van der Waals surface area contributed by atoms with Crippen molar-refractivity contribution in [2.24, 2.45) is 4.99 Å². The molecule has 3 heterocycles. The number of nitrogens with one attached hydrogen (secondary N) is 2. The molecule has 3 aliphatic heterocycles. The first-order valence-electron chi connectivity index (χ1n) is 9.71. The Morgan fingerprint density at radius 2 is 2.18 bits per heavy atom. The zero-order valence-electron chi connectivity index (χ0n) is 15.7. The van der Waals surface area contributed by atoms with Gasteiger partial charge in [-0.15, -0.1) is 0 Å². The third-order valence-corrected chi connectivity index (χ3v) is 5.18. The van der Waals surface area contributed by atoms with Gasteiger partial charge in [-0.05, 0) is 37.5 Å². The number of aliphatic imine (C=N–C) groups is 1. The summed E-state index contributed by atoms with van der Waals surface area (Å²) >= 11 is 0. The van der Waals surface area contributed by atoms with Gasteiger partial charge in [-0.1, -0.05) is 0 Å². The minimum absolute atomic E-state index is 0.0269. The zero-order valence-corrected chi connectivity index (χ0v) is 15.7. The molecule has 9 heteroatoms. The number of hydrogen-bond donors (Lipinski definition) is 3. The lowest BCUT2D eigenvalue weighted by Crippen LogP contribution is -2.39. The maximum atomic E-state index is 11.9. The van der Waals surface area contributed by atoms with Gasteiger partial charge in [-0.2, -0.15) is 0 Å². The summed E-state index contributed by atoms with van der Waals surface area (Å²) in [5.41, 5.74) is 4.63. The zero-order chi connectivity index (χ0) is 19.5. The van der Waals surface area contributed by atoms with Crippen LogP contribution in [0.15, 0.2) is 23.2 Å². The Labute approximate surface area is 163 Å². The van der Waals surface area contributed by atoms with Crippen molar-refractivity contribution in [3.05, 3.63) is 23.8 Å². The second-order valence-electron chi connectivity index (χ2n) is 7.22. The van der Waals surface area contributed by atoms with Crippen LogP contribution < -0.4 is 15.5 Å². The number of aliphatic hydroxyl groups is 1. The molecule has 0 aromatic heterocycles. The lowest BCUT2D eigenvalue weighted by Gasteiger charge is -2.27. The van der Waals surface area contributed by atoms with Crippen LogP contribution in [0, 0.1) is 0 Å². The molecule has 1 aromatic rings. The number of carbonyl (C=O) groups excluding carboxylic acids is 2. The van der Waals surface area contributed by atoms with Crippen molar-refractivity contribution >= 4 is 23.5 Å². The van der Waals surface area contributed by atoms with Gasteiger partial charge in [0.15, 0.2) is 0 Å². The molecular weight excluding hydrogens is 362 g/mol. The number of hydrazine groups is 1. The number of fused-ring (bicyclic) bond motifs is 2. The molecule has 0 radical (unpaired) electrons. The van der Waals surface area contributed by atoms with Crippen molar-refractivity contribution in [3.8, 4) is 5.75 Å². The summed E-state index contributed by atoms with van der Waals surface area (Å²) in [6.07, 6.45) is 3.33. The normalized spacial score (nSPS) is 21.0. The lowest BCUT2D eigenvalue weighted by molar-refractivity contribution is -0.125. The summed E-state index contributed by atoms with van der Waals surface area (Å²) in [7, 11) is 0. The average Bonchev–Trinajstić information content (AvgIpc) is 3.29. The van der Waals surface area contributed by atoms with Crippen LogP contribution in [0.1, 0.15) is 31.2 Å². The van der Waals surface area contributed by atoms with E-state index in [1.165, 1.54) is 0 Å². The molecule has 9 nitrogen and oxygen atoms in total. The Balaban J connectivity index is 1.28. The second-order valence-corrected chi connectivity index (χ2v) is 7.22. The number of hydrogen-bond acceptors (Lipinski definition) is 7. The highest BCUT2D eigenvalue weighted by Gasteiger charge is 2.38. The van der Waals surface area contributed by atoms with Crippen LogP contribution in [0.5, 0.6) is 5.75 Å². The molecule has 2 saturated heterocycles. The first kappa shape index (κ1) is 18.7. The molecule has 28 heavy (non-hydrogen) atoms. The van der Waals surface area contributed by atoms with Crippen LogP contribution in [-0.2, 0) is 16.1 Å². The van der Waals surface area contributed by atoms with Crippen LogP contribution in [0.3, 0.4) is 0 Å². The van der Waals surface area contributed by atoms with Gasteiger partial charge in [0.25, 0.3) is 5.91 Å². The van der Waals surface area contributed by atoms with Crippen molar-refractivity contribution < 1.29 is 19.4 Å². The molecule has 3 aliphatic rings. The Hall–Kier alpha value is -2.65. The van der Waals surface area contributed by atoms with E-state index < -0.39 is 6.04 Å². The molecule has 0 spiro atoms. The highest BCUT2D eigenvalue weighted by molar-refractivity contribution is 6.07. The molecule has 1 aromatic carbocycles. The maximum Gasteiger partial charge on any atom is 0.251 e. The van der Waals surface area contributed by atoms with Crippen molar-refractivity contribution in [1.82, 2.24) is 20.7 Å². The third kappa shape index (κ3) is 3.95. The molecule has 150 valence electrons. The highest BCUT2D eigenvalue weighted by Crippen LogP contribution is 2.31. The number of amides is 2. The number of aliphatic hydroxyl groups excluding tert-OH is 1. The highest BCUT2D eigenvalue weighted by atomic mass is 16.5. The molecule has 1 atom stereocenters. The van der Waals surface area contributed by atoms with Gasteiger partial charge >= 0.3 is 0 Å². The number of carbonyl (C=O) groups is 2. The van der Waals surface area contributed by atoms with Crippen molar-refractivity contribution in [2.75, 3.05) is 26.3 Å². The van der Waals surface area contributed by atoms with Gasteiger partial charge in [0, 0.05) is 31.6 Å². The van der Waals surface area contributed by atoms with Gasteiger partial charge < -0.3 is 14.7 Å². The van der Waals surface area contributed by atoms with E-state index in [2.05, 4.69) is 15.7 Å². The predicted octanol–water partition coefficient (Wildman–Crippen LogP) is 0.266. The van der Waals surface area contributed by atoms with E-state index in [0.29, 0.717) is 37.7 Å². The second kappa shape index (κ2) is 8.15. The van der Waals surface area contributed by atoms with E-state index in [0.717, 1.165) is 37.2 Å². The molecule has 0 saturated carbocycles. The van der Waals surface area contributed by atoms with Gasteiger partial charge in [-0.25, -0.2) is 10.0 Å². The van der Waals surface area contributed by atoms with E-state index in [1.807, 2.05) is 23.2 Å². The van der Waals surface area contributed by atoms with E-state index in [4.69, 9.17) is 4.74 Å². The van der Waals surface area contributed by atoms with Gasteiger partial charge in [0.2, 0.25) is 11.9 Å². The first-order chi connectivity index (χ1) is 13.6. The fraction of sp³-hybridized carbons (Fsp3) is 0.526. The average molecular weight is 387 g/mol. The SMILES string of the molecule is O=C(CCCOc1ccc2c(c1)CN1C(=N2)NC(=O)C1CO)NN1CCCC1. The van der Waals surface area contributed by atoms with Crippen LogP contribution in [0.2, 0.25) is 0 Å². The fourth-order valence-electron chi connectivity index (χ4n) is 3.68. The Morgan fingerprint density at radius 3 is 2.96 bits per heavy atom. The van der Waals surface area contributed by atoms with Crippen LogP contribution in [-0.4, -0.2) is 65.1 Å². The molecule has 4 rings (SSSR count). The minimum atomic E-state index is -0.606. The smallest absolute Gasteiger partial charge is 0.251 e. The molecule has 1 unspecified atom stereocenters. The molecule has 0 bridgehead atoms. The van der Waals surface area contributed by atoms with Crippen LogP contribution in [0.25, 0.3) is 0 Å². The molecular formula is C19H25N5O4. The largest absolute Gasteiger partial charge is 0.494 e. The molecule has 3 N–H and O–H groups in total. The van der Waals surface area contributed by atoms with Crippen molar-refractivity contribution in [3.63, 3.8) is 0 Å². The van der Waals surface area contributed by atoms with E-state index in [9.17, 15) is 14.7 Å². The van der Waals surface area contributed by atoms with E-state index in [-0.39, 0.29) is 18.4 Å². The summed E-state index contributed by atoms with van der Waals surface area (Å²) in [5.74, 6) is 0.974. The predicted molar refractivity (Wildman–Crippen MR) is 102 cm³/mol. The molecule has 2 fully saturated rings. The number of ether oxygens (including phenoxy) is 1. The van der Waals surface area contributed by atoms with Crippen LogP contribution >= 0.6 is 0 Å². The summed E-state index contributed by atoms with van der Waals surface area (Å²) in [6.45, 7) is 2.53. The fourth-order valence-corrected chi connectivity index (χ4v) is 3.68. The van der Waals surface area contributed by atoms with Gasteiger partial charge in [0.05, 0.1) is 18.9 Å². The summed E-state index contributed by atoms with van der Waals surface area (Å²) in [6, 6.07) is 4.99. The quantitative estimate of drug-likeness (QED) is 0.580. The van der Waals surface area contributed by atoms with Gasteiger partial charge in [0.1, 0.15) is 11.8 Å². The molecule has 2 amide bonds. The maximum absolute atomic E-state index is 11.9. The number of guanidine groups is 1. The summed E-state index contributed by atoms with van der Waals surface area (Å²) in [4.78, 5) is 30.0. The third-order valence-electron chi connectivity index (χ3n) is 5.18. The van der Waals surface area contributed by atoms with E-state index >= 15 is 0 Å². The summed E-state index contributed by atoms with van der Waals surface area (Å²) in [5, 5.41) is 14.1. The minimum Gasteiger partial charge on any atom is -0.494 e. The number of benzene rings is 1. The standard InChI is InChI=1S/C19H25N5O4/c25-12-16-18(27)21-19-20-15-6-5-14(10-13(15)11-24(16)19)28-9-3-4-17(26)22-23-7-1-2-8-23/h5-6,10,16,25H,1-4,7-9,11-12H2,(H,22,26)(H,20,21,27). The Bertz CT molecular complexity index is 791. The van der Waals surface area contributed by atoms with Crippen LogP contribution in [0.4, 0.5) is 5.69 Å². The monoisotopic (exact) mass is 387 g/mol. The van der Waals surface area contributed by atoms with Crippen molar-refractivity contribution in [1.29, 1.82) is 0 Å². The first-order valence-corrected chi connectivity index (χ1v) is 9.71. The Kier molecular flexibility index (Phi) is 5.45. The Morgan fingerprint density at radius 1 is 1.36 bits per heavy atom. The van der Waals surface area contributed by atoms with Crippen molar-refractivity contribution in [2.45, 2.75) is 38.3 Å². The molecule has 0 aliphatic carbocycles. The summed E-state index contributed by atoms with van der Waals surface area (Å²) < 4.78 is 5.79. The lowest BCUT2D eigenvalue weighted by atomic mass is 10.1. The topological polar surface area (TPSA) is 106 Å². The number of nitrogens with zero attached hydrogens (tertiary/aromatic N) is 3. The van der Waals surface area contributed by atoms with Gasteiger partial charge in [-0.3, -0.25) is 20.3 Å². The number of rotatable bonds is 7.